The van der Waals surface area contributed by atoms with Gasteiger partial charge in [-0.1, -0.05) is 29.8 Å². The number of rotatable bonds is 6. The van der Waals surface area contributed by atoms with Gasteiger partial charge in [0.2, 0.25) is 0 Å². The number of hydrogen-bond acceptors (Lipinski definition) is 7. The fourth-order valence-corrected chi connectivity index (χ4v) is 4.93. The lowest BCUT2D eigenvalue weighted by Gasteiger charge is -2.34. The van der Waals surface area contributed by atoms with Crippen molar-refractivity contribution in [3.63, 3.8) is 0 Å². The van der Waals surface area contributed by atoms with Gasteiger partial charge >= 0.3 is 6.18 Å². The number of tetrazole rings is 1. The van der Waals surface area contributed by atoms with Crippen LogP contribution in [0.25, 0.3) is 0 Å². The number of morpholine rings is 1. The van der Waals surface area contributed by atoms with Crippen molar-refractivity contribution < 1.29 is 26.3 Å². The second kappa shape index (κ2) is 9.20. The number of aromatic nitrogens is 4. The fourth-order valence-electron chi connectivity index (χ4n) is 3.72. The van der Waals surface area contributed by atoms with Crippen LogP contribution in [0.3, 0.4) is 0 Å². The molecule has 1 aromatic heterocycles. The molecule has 3 aromatic rings. The third-order valence-electron chi connectivity index (χ3n) is 5.42. The molecule has 33 heavy (non-hydrogen) atoms. The van der Waals surface area contributed by atoms with Crippen molar-refractivity contribution in [2.45, 2.75) is 29.9 Å². The van der Waals surface area contributed by atoms with E-state index in [4.69, 9.17) is 4.74 Å². The van der Waals surface area contributed by atoms with Crippen LogP contribution >= 0.6 is 0 Å². The number of halogens is 3. The van der Waals surface area contributed by atoms with Crippen LogP contribution in [0.4, 0.5) is 13.2 Å². The summed E-state index contributed by atoms with van der Waals surface area (Å²) >= 11 is 0. The highest BCUT2D eigenvalue weighted by Crippen LogP contribution is 2.34. The highest BCUT2D eigenvalue weighted by Gasteiger charge is 2.34. The molecule has 0 bridgehead atoms. The Bertz CT molecular complexity index is 1210. The van der Waals surface area contributed by atoms with Crippen LogP contribution in [-0.2, 0) is 26.6 Å². The number of nitrogens with zero attached hydrogens (tertiary/aromatic N) is 5. The van der Waals surface area contributed by atoms with E-state index in [1.807, 2.05) is 11.8 Å². The average molecular weight is 482 g/mol. The lowest BCUT2D eigenvalue weighted by molar-refractivity contribution is -0.137. The Kier molecular flexibility index (Phi) is 6.50. The number of hydrogen-bond donors (Lipinski definition) is 0. The molecule has 0 spiro atoms. The topological polar surface area (TPSA) is 90.2 Å². The van der Waals surface area contributed by atoms with E-state index in [1.165, 1.54) is 18.2 Å². The Morgan fingerprint density at radius 1 is 1.09 bits per heavy atom. The number of alkyl halides is 3. The zero-order valence-corrected chi connectivity index (χ0v) is 18.6. The lowest BCUT2D eigenvalue weighted by atomic mass is 10.0. The summed E-state index contributed by atoms with van der Waals surface area (Å²) in [5.41, 5.74) is 0.425. The van der Waals surface area contributed by atoms with E-state index in [-0.39, 0.29) is 10.7 Å². The maximum atomic E-state index is 13.4. The minimum absolute atomic E-state index is 0.108. The molecular formula is C21H22F3N5O3S. The number of benzene rings is 2. The van der Waals surface area contributed by atoms with Crippen molar-refractivity contribution >= 4 is 9.84 Å². The first kappa shape index (κ1) is 23.3. The largest absolute Gasteiger partial charge is 0.416 e. The van der Waals surface area contributed by atoms with E-state index < -0.39 is 33.5 Å². The number of sulfone groups is 1. The second-order valence-electron chi connectivity index (χ2n) is 7.77. The van der Waals surface area contributed by atoms with Crippen LogP contribution < -0.4 is 0 Å². The molecule has 1 fully saturated rings. The Morgan fingerprint density at radius 3 is 2.45 bits per heavy atom. The molecule has 0 aliphatic carbocycles. The molecule has 8 nitrogen and oxygen atoms in total. The van der Waals surface area contributed by atoms with Gasteiger partial charge in [0.1, 0.15) is 0 Å². The molecule has 0 unspecified atom stereocenters. The lowest BCUT2D eigenvalue weighted by Crippen LogP contribution is -2.40. The van der Waals surface area contributed by atoms with Gasteiger partial charge in [-0.2, -0.15) is 13.2 Å². The molecular weight excluding hydrogens is 459 g/mol. The van der Waals surface area contributed by atoms with Crippen LogP contribution in [-0.4, -0.2) is 59.8 Å². The van der Waals surface area contributed by atoms with Gasteiger partial charge in [-0.15, -0.1) is 5.10 Å². The molecule has 176 valence electrons. The molecule has 1 atom stereocenters. The maximum Gasteiger partial charge on any atom is 0.416 e. The first-order valence-electron chi connectivity index (χ1n) is 10.2. The van der Waals surface area contributed by atoms with E-state index in [0.29, 0.717) is 31.9 Å². The van der Waals surface area contributed by atoms with Gasteiger partial charge in [0.15, 0.2) is 21.5 Å². The minimum Gasteiger partial charge on any atom is -0.379 e. The van der Waals surface area contributed by atoms with Gasteiger partial charge in [-0.05, 0) is 47.2 Å². The van der Waals surface area contributed by atoms with Crippen LogP contribution in [0.15, 0.2) is 53.4 Å². The van der Waals surface area contributed by atoms with Crippen LogP contribution in [0, 0.1) is 6.92 Å². The first-order chi connectivity index (χ1) is 15.6. The molecule has 1 aliphatic rings. The predicted molar refractivity (Wildman–Crippen MR) is 112 cm³/mol. The molecule has 2 heterocycles. The molecule has 1 aliphatic heterocycles. The van der Waals surface area contributed by atoms with Gasteiger partial charge in [0.25, 0.3) is 0 Å². The Morgan fingerprint density at radius 2 is 1.79 bits per heavy atom. The first-order valence-corrected chi connectivity index (χ1v) is 11.8. The molecule has 1 saturated heterocycles. The Balaban J connectivity index is 1.74. The van der Waals surface area contributed by atoms with E-state index >= 15 is 0 Å². The van der Waals surface area contributed by atoms with Crippen molar-refractivity contribution in [2.24, 2.45) is 0 Å². The molecule has 12 heteroatoms. The summed E-state index contributed by atoms with van der Waals surface area (Å²) in [6.45, 7) is 3.48. The number of ether oxygens (including phenoxy) is 1. The van der Waals surface area contributed by atoms with Crippen molar-refractivity contribution in [3.8, 4) is 0 Å². The van der Waals surface area contributed by atoms with Crippen molar-refractivity contribution in [2.75, 3.05) is 26.3 Å². The molecule has 0 saturated carbocycles. The third-order valence-corrected chi connectivity index (χ3v) is 6.99. The monoisotopic (exact) mass is 481 g/mol. The summed E-state index contributed by atoms with van der Waals surface area (Å²) in [5.74, 6) is -0.398. The van der Waals surface area contributed by atoms with Gasteiger partial charge in [0, 0.05) is 13.1 Å². The SMILES string of the molecule is Cc1ccc(S(=O)(=O)Cn2nnnc2[C@H](c2cccc(C(F)(F)F)c2)N2CCOCC2)cc1. The van der Waals surface area contributed by atoms with Crippen molar-refractivity contribution in [1.29, 1.82) is 0 Å². The normalized spacial score (nSPS) is 16.6. The van der Waals surface area contributed by atoms with Crippen molar-refractivity contribution in [3.05, 3.63) is 71.0 Å². The summed E-state index contributed by atoms with van der Waals surface area (Å²) in [4.78, 5) is 2.00. The average Bonchev–Trinajstić information content (AvgIpc) is 3.21. The predicted octanol–water partition coefficient (Wildman–Crippen LogP) is 2.85. The van der Waals surface area contributed by atoms with Gasteiger partial charge in [0.05, 0.1) is 29.7 Å². The maximum absolute atomic E-state index is 13.4. The summed E-state index contributed by atoms with van der Waals surface area (Å²) in [6.07, 6.45) is -4.52. The highest BCUT2D eigenvalue weighted by molar-refractivity contribution is 7.90. The molecule has 0 N–H and O–H groups in total. The van der Waals surface area contributed by atoms with Crippen LogP contribution in [0.1, 0.15) is 28.6 Å². The minimum atomic E-state index is -4.52. The van der Waals surface area contributed by atoms with Gasteiger partial charge in [-0.3, -0.25) is 4.90 Å². The zero-order valence-electron chi connectivity index (χ0n) is 17.7. The highest BCUT2D eigenvalue weighted by atomic mass is 32.2. The molecule has 0 radical (unpaired) electrons. The fraction of sp³-hybridized carbons (Fsp3) is 0.381. The Hall–Kier alpha value is -2.83. The van der Waals surface area contributed by atoms with E-state index in [0.717, 1.165) is 22.4 Å². The molecule has 0 amide bonds. The smallest absolute Gasteiger partial charge is 0.379 e. The van der Waals surface area contributed by atoms with Crippen LogP contribution in [0.2, 0.25) is 0 Å². The molecule has 4 rings (SSSR count). The molecule has 2 aromatic carbocycles. The zero-order chi connectivity index (χ0) is 23.6. The number of aryl methyl sites for hydroxylation is 1. The standard InChI is InChI=1S/C21H22F3N5O3S/c1-15-5-7-18(8-6-15)33(30,31)14-29-20(25-26-27-29)19(28-9-11-32-12-10-28)16-3-2-4-17(13-16)21(22,23)24/h2-8,13,19H,9-12,14H2,1H3/t19-/m0/s1. The summed E-state index contributed by atoms with van der Waals surface area (Å²) in [5, 5.41) is 11.5. The Labute approximate surface area is 188 Å². The third kappa shape index (κ3) is 5.23. The van der Waals surface area contributed by atoms with Gasteiger partial charge in [-0.25, -0.2) is 13.1 Å². The quantitative estimate of drug-likeness (QED) is 0.535. The van der Waals surface area contributed by atoms with E-state index in [9.17, 15) is 21.6 Å². The summed E-state index contributed by atoms with van der Waals surface area (Å²) < 4.78 is 72.6. The second-order valence-corrected chi connectivity index (χ2v) is 9.73. The van der Waals surface area contributed by atoms with Crippen molar-refractivity contribution in [1.82, 2.24) is 25.1 Å². The summed E-state index contributed by atoms with van der Waals surface area (Å²) in [6, 6.07) is 10.5. The summed E-state index contributed by atoms with van der Waals surface area (Å²) in [7, 11) is -3.80. The van der Waals surface area contributed by atoms with E-state index in [2.05, 4.69) is 15.5 Å². The van der Waals surface area contributed by atoms with E-state index in [1.54, 1.807) is 18.2 Å². The van der Waals surface area contributed by atoms with Gasteiger partial charge < -0.3 is 4.74 Å². The van der Waals surface area contributed by atoms with Crippen LogP contribution in [0.5, 0.6) is 0 Å².